The van der Waals surface area contributed by atoms with Gasteiger partial charge in [0.1, 0.15) is 12.6 Å². The standard InChI is InChI=1S/C14H20N4O3/c1-16(2)14(21)11-4-3-7-18(11)13(20)9-17-8-10(15)5-6-12(17)19/h5-6,8,11H,3-4,7,9,15H2,1-2H3. The van der Waals surface area contributed by atoms with Crippen LogP contribution in [0.15, 0.2) is 23.1 Å². The molecule has 1 saturated heterocycles. The van der Waals surface area contributed by atoms with Crippen molar-refractivity contribution in [3.05, 3.63) is 28.7 Å². The van der Waals surface area contributed by atoms with E-state index in [-0.39, 0.29) is 23.9 Å². The summed E-state index contributed by atoms with van der Waals surface area (Å²) < 4.78 is 1.27. The van der Waals surface area contributed by atoms with Gasteiger partial charge in [-0.2, -0.15) is 0 Å². The van der Waals surface area contributed by atoms with E-state index in [2.05, 4.69) is 0 Å². The molecule has 2 heterocycles. The van der Waals surface area contributed by atoms with Crippen molar-refractivity contribution in [2.75, 3.05) is 26.4 Å². The predicted octanol–water partition coefficient (Wildman–Crippen LogP) is -0.490. The second-order valence-corrected chi connectivity index (χ2v) is 5.41. The first kappa shape index (κ1) is 15.1. The Morgan fingerprint density at radius 2 is 2.10 bits per heavy atom. The van der Waals surface area contributed by atoms with Gasteiger partial charge in [-0.25, -0.2) is 0 Å². The number of hydrogen-bond donors (Lipinski definition) is 1. The summed E-state index contributed by atoms with van der Waals surface area (Å²) in [6.07, 6.45) is 2.90. The molecule has 7 heteroatoms. The minimum absolute atomic E-state index is 0.0826. The molecule has 114 valence electrons. The maximum Gasteiger partial charge on any atom is 0.251 e. The first-order valence-electron chi connectivity index (χ1n) is 6.86. The first-order valence-corrected chi connectivity index (χ1v) is 6.86. The number of rotatable bonds is 3. The topological polar surface area (TPSA) is 88.6 Å². The van der Waals surface area contributed by atoms with Crippen LogP contribution in [0.3, 0.4) is 0 Å². The fourth-order valence-corrected chi connectivity index (χ4v) is 2.53. The molecule has 1 aromatic rings. The van der Waals surface area contributed by atoms with E-state index in [4.69, 9.17) is 5.73 Å². The molecule has 7 nitrogen and oxygen atoms in total. The van der Waals surface area contributed by atoms with Gasteiger partial charge in [0.2, 0.25) is 11.8 Å². The third-order valence-corrected chi connectivity index (χ3v) is 3.61. The number of nitrogens with zero attached hydrogens (tertiary/aromatic N) is 3. The molecule has 1 unspecified atom stereocenters. The highest BCUT2D eigenvalue weighted by Gasteiger charge is 2.34. The highest BCUT2D eigenvalue weighted by molar-refractivity contribution is 5.88. The van der Waals surface area contributed by atoms with Crippen LogP contribution in [0.1, 0.15) is 12.8 Å². The predicted molar refractivity (Wildman–Crippen MR) is 78.5 cm³/mol. The zero-order valence-corrected chi connectivity index (χ0v) is 12.3. The summed E-state index contributed by atoms with van der Waals surface area (Å²) in [6, 6.07) is 2.40. The number of hydrogen-bond acceptors (Lipinski definition) is 4. The molecular weight excluding hydrogens is 272 g/mol. The summed E-state index contributed by atoms with van der Waals surface area (Å²) in [4.78, 5) is 39.2. The SMILES string of the molecule is CN(C)C(=O)C1CCCN1C(=O)Cn1cc(N)ccc1=O. The van der Waals surface area contributed by atoms with Crippen LogP contribution in [0.4, 0.5) is 5.69 Å². The Balaban J connectivity index is 2.14. The van der Waals surface area contributed by atoms with E-state index < -0.39 is 6.04 Å². The molecule has 1 aliphatic rings. The molecule has 1 fully saturated rings. The summed E-state index contributed by atoms with van der Waals surface area (Å²) in [6.45, 7) is 0.446. The summed E-state index contributed by atoms with van der Waals surface area (Å²) in [5, 5.41) is 0. The summed E-state index contributed by atoms with van der Waals surface area (Å²) >= 11 is 0. The Hall–Kier alpha value is -2.31. The number of carbonyl (C=O) groups excluding carboxylic acids is 2. The largest absolute Gasteiger partial charge is 0.398 e. The van der Waals surface area contributed by atoms with E-state index in [9.17, 15) is 14.4 Å². The molecule has 0 bridgehead atoms. The van der Waals surface area contributed by atoms with Crippen molar-refractivity contribution in [2.24, 2.45) is 0 Å². The van der Waals surface area contributed by atoms with Crippen molar-refractivity contribution in [3.63, 3.8) is 0 Å². The Labute approximate surface area is 122 Å². The van der Waals surface area contributed by atoms with Crippen LogP contribution in [-0.2, 0) is 16.1 Å². The smallest absolute Gasteiger partial charge is 0.251 e. The molecule has 0 radical (unpaired) electrons. The summed E-state index contributed by atoms with van der Waals surface area (Å²) in [7, 11) is 3.34. The number of anilines is 1. The maximum absolute atomic E-state index is 12.4. The third kappa shape index (κ3) is 3.24. The fourth-order valence-electron chi connectivity index (χ4n) is 2.53. The Kier molecular flexibility index (Phi) is 4.30. The lowest BCUT2D eigenvalue weighted by Crippen LogP contribution is -2.47. The van der Waals surface area contributed by atoms with Crippen LogP contribution < -0.4 is 11.3 Å². The summed E-state index contributed by atoms with van der Waals surface area (Å²) in [5.74, 6) is -0.318. The molecule has 2 N–H and O–H groups in total. The third-order valence-electron chi connectivity index (χ3n) is 3.61. The highest BCUT2D eigenvalue weighted by Crippen LogP contribution is 2.19. The van der Waals surface area contributed by atoms with Gasteiger partial charge < -0.3 is 20.1 Å². The normalized spacial score (nSPS) is 17.8. The Bertz CT molecular complexity index is 608. The number of amides is 2. The van der Waals surface area contributed by atoms with Crippen LogP contribution in [0.5, 0.6) is 0 Å². The number of pyridine rings is 1. The van der Waals surface area contributed by atoms with Crippen molar-refractivity contribution < 1.29 is 9.59 Å². The molecule has 1 aromatic heterocycles. The van der Waals surface area contributed by atoms with Crippen LogP contribution >= 0.6 is 0 Å². The van der Waals surface area contributed by atoms with Gasteiger partial charge in [0, 0.05) is 38.6 Å². The van der Waals surface area contributed by atoms with E-state index in [1.165, 1.54) is 27.8 Å². The average molecular weight is 292 g/mol. The van der Waals surface area contributed by atoms with E-state index in [0.29, 0.717) is 18.7 Å². The number of carbonyl (C=O) groups is 2. The van der Waals surface area contributed by atoms with Crippen LogP contribution in [-0.4, -0.2) is 52.9 Å². The molecule has 1 aliphatic heterocycles. The second kappa shape index (κ2) is 5.99. The van der Waals surface area contributed by atoms with Crippen molar-refractivity contribution in [3.8, 4) is 0 Å². The molecule has 0 aromatic carbocycles. The van der Waals surface area contributed by atoms with E-state index in [0.717, 1.165) is 6.42 Å². The summed E-state index contributed by atoms with van der Waals surface area (Å²) in [5.41, 5.74) is 5.76. The van der Waals surface area contributed by atoms with Crippen molar-refractivity contribution in [1.29, 1.82) is 0 Å². The molecule has 0 spiro atoms. The lowest BCUT2D eigenvalue weighted by molar-refractivity contribution is -0.142. The van der Waals surface area contributed by atoms with Gasteiger partial charge in [-0.15, -0.1) is 0 Å². The number of likely N-dealkylation sites (tertiary alicyclic amines) is 1. The van der Waals surface area contributed by atoms with Gasteiger partial charge in [0.05, 0.1) is 0 Å². The van der Waals surface area contributed by atoms with Crippen molar-refractivity contribution >= 4 is 17.5 Å². The van der Waals surface area contributed by atoms with Gasteiger partial charge in [-0.1, -0.05) is 0 Å². The molecular formula is C14H20N4O3. The molecule has 0 aliphatic carbocycles. The van der Waals surface area contributed by atoms with Crippen LogP contribution in [0.25, 0.3) is 0 Å². The van der Waals surface area contributed by atoms with Gasteiger partial charge in [-0.3, -0.25) is 14.4 Å². The Morgan fingerprint density at radius 1 is 1.38 bits per heavy atom. The first-order chi connectivity index (χ1) is 9.90. The maximum atomic E-state index is 12.4. The van der Waals surface area contributed by atoms with E-state index in [1.807, 2.05) is 0 Å². The average Bonchev–Trinajstić information content (AvgIpc) is 2.91. The van der Waals surface area contributed by atoms with Crippen molar-refractivity contribution in [2.45, 2.75) is 25.4 Å². The minimum Gasteiger partial charge on any atom is -0.398 e. The van der Waals surface area contributed by atoms with Gasteiger partial charge >= 0.3 is 0 Å². The number of aromatic nitrogens is 1. The van der Waals surface area contributed by atoms with Gasteiger partial charge in [0.25, 0.3) is 5.56 Å². The highest BCUT2D eigenvalue weighted by atomic mass is 16.2. The number of nitrogen functional groups attached to an aromatic ring is 1. The number of nitrogens with two attached hydrogens (primary N) is 1. The lowest BCUT2D eigenvalue weighted by atomic mass is 10.2. The lowest BCUT2D eigenvalue weighted by Gasteiger charge is -2.26. The Morgan fingerprint density at radius 3 is 2.76 bits per heavy atom. The number of likely N-dealkylation sites (N-methyl/N-ethyl adjacent to an activating group) is 1. The van der Waals surface area contributed by atoms with Crippen molar-refractivity contribution in [1.82, 2.24) is 14.4 Å². The molecule has 1 atom stereocenters. The van der Waals surface area contributed by atoms with Crippen LogP contribution in [0, 0.1) is 0 Å². The molecule has 2 amide bonds. The zero-order valence-electron chi connectivity index (χ0n) is 12.3. The van der Waals surface area contributed by atoms with Crippen LogP contribution in [0.2, 0.25) is 0 Å². The molecule has 0 saturated carbocycles. The second-order valence-electron chi connectivity index (χ2n) is 5.41. The monoisotopic (exact) mass is 292 g/mol. The minimum atomic E-state index is -0.427. The van der Waals surface area contributed by atoms with E-state index >= 15 is 0 Å². The molecule has 21 heavy (non-hydrogen) atoms. The molecule has 2 rings (SSSR count). The quantitative estimate of drug-likeness (QED) is 0.814. The van der Waals surface area contributed by atoms with Gasteiger partial charge in [0.15, 0.2) is 0 Å². The van der Waals surface area contributed by atoms with E-state index in [1.54, 1.807) is 19.0 Å². The van der Waals surface area contributed by atoms with Gasteiger partial charge in [-0.05, 0) is 18.9 Å². The zero-order chi connectivity index (χ0) is 15.6. The fraction of sp³-hybridized carbons (Fsp3) is 0.500.